The molecule has 0 aromatic heterocycles. The average Bonchev–Trinajstić information content (AvgIpc) is 2.59. The molecule has 4 nitrogen and oxygen atoms in total. The highest BCUT2D eigenvalue weighted by Gasteiger charge is 2.11. The first-order chi connectivity index (χ1) is 12.8. The van der Waals surface area contributed by atoms with Crippen molar-refractivity contribution in [2.45, 2.75) is 34.1 Å². The lowest BCUT2D eigenvalue weighted by Gasteiger charge is -2.13. The molecule has 144 valence electrons. The van der Waals surface area contributed by atoms with Crippen LogP contribution in [0.15, 0.2) is 40.9 Å². The molecule has 0 heterocycles. The maximum absolute atomic E-state index is 12.4. The zero-order valence-electron chi connectivity index (χ0n) is 16.1. The minimum atomic E-state index is -0.272. The number of aryl methyl sites for hydroxylation is 2. The van der Waals surface area contributed by atoms with Gasteiger partial charge in [0.25, 0.3) is 5.91 Å². The topological polar surface area (TPSA) is 50.4 Å². The van der Waals surface area contributed by atoms with E-state index < -0.39 is 0 Å². The molecule has 0 fully saturated rings. The van der Waals surface area contributed by atoms with E-state index in [1.54, 1.807) is 18.2 Å². The molecule has 0 radical (unpaired) electrons. The van der Waals surface area contributed by atoms with E-state index in [9.17, 15) is 4.79 Å². The van der Waals surface area contributed by atoms with Gasteiger partial charge in [-0.05, 0) is 95.8 Å². The molecule has 2 rings (SSSR count). The first kappa shape index (κ1) is 21.4. The van der Waals surface area contributed by atoms with Gasteiger partial charge in [-0.1, -0.05) is 19.9 Å². The maximum atomic E-state index is 12.4. The van der Waals surface area contributed by atoms with E-state index in [4.69, 9.17) is 17.0 Å². The van der Waals surface area contributed by atoms with Crippen LogP contribution in [0, 0.1) is 19.8 Å². The number of rotatable bonds is 6. The molecule has 0 aliphatic carbocycles. The van der Waals surface area contributed by atoms with Crippen LogP contribution in [0.2, 0.25) is 0 Å². The summed E-state index contributed by atoms with van der Waals surface area (Å²) in [6, 6.07) is 11.2. The van der Waals surface area contributed by atoms with Gasteiger partial charge in [-0.15, -0.1) is 0 Å². The second-order valence-corrected chi connectivity index (χ2v) is 8.15. The van der Waals surface area contributed by atoms with Crippen LogP contribution in [0.5, 0.6) is 5.75 Å². The van der Waals surface area contributed by atoms with Gasteiger partial charge in [0.05, 0.1) is 11.1 Å². The minimum Gasteiger partial charge on any atom is -0.492 e. The zero-order chi connectivity index (χ0) is 20.0. The van der Waals surface area contributed by atoms with E-state index in [0.29, 0.717) is 18.1 Å². The van der Waals surface area contributed by atoms with Crippen LogP contribution in [0.4, 0.5) is 5.69 Å². The highest BCUT2D eigenvalue weighted by atomic mass is 79.9. The fourth-order valence-corrected chi connectivity index (χ4v) is 3.02. The quantitative estimate of drug-likeness (QED) is 0.563. The molecule has 2 aromatic rings. The molecule has 0 atom stereocenters. The monoisotopic (exact) mass is 448 g/mol. The number of thiocarbonyl (C=S) groups is 1. The van der Waals surface area contributed by atoms with Crippen LogP contribution in [0.1, 0.15) is 41.8 Å². The van der Waals surface area contributed by atoms with Gasteiger partial charge < -0.3 is 10.1 Å². The van der Waals surface area contributed by atoms with Crippen molar-refractivity contribution in [3.05, 3.63) is 57.6 Å². The van der Waals surface area contributed by atoms with Crippen molar-refractivity contribution in [3.63, 3.8) is 0 Å². The predicted octanol–water partition coefficient (Wildman–Crippen LogP) is 5.62. The summed E-state index contributed by atoms with van der Waals surface area (Å²) in [5.74, 6) is 1.04. The van der Waals surface area contributed by atoms with Gasteiger partial charge in [0.15, 0.2) is 5.11 Å². The lowest BCUT2D eigenvalue weighted by molar-refractivity contribution is 0.0977. The number of anilines is 1. The van der Waals surface area contributed by atoms with Gasteiger partial charge in [-0.2, -0.15) is 0 Å². The van der Waals surface area contributed by atoms with E-state index in [1.165, 1.54) is 5.56 Å². The molecule has 2 N–H and O–H groups in total. The summed E-state index contributed by atoms with van der Waals surface area (Å²) in [5, 5.41) is 6.00. The number of carbonyl (C=O) groups is 1. The first-order valence-corrected chi connectivity index (χ1v) is 10.1. The third-order valence-electron chi connectivity index (χ3n) is 4.14. The molecule has 1 amide bonds. The van der Waals surface area contributed by atoms with Gasteiger partial charge in [0, 0.05) is 11.3 Å². The third-order valence-corrected chi connectivity index (χ3v) is 4.96. The smallest absolute Gasteiger partial charge is 0.257 e. The van der Waals surface area contributed by atoms with Crippen LogP contribution in [0.25, 0.3) is 0 Å². The number of hydrogen-bond donors (Lipinski definition) is 2. The summed E-state index contributed by atoms with van der Waals surface area (Å²) in [5.41, 5.74) is 3.71. The number of amides is 1. The molecular formula is C21H25BrN2O2S. The summed E-state index contributed by atoms with van der Waals surface area (Å²) in [6.45, 7) is 9.03. The molecule has 0 aliphatic rings. The van der Waals surface area contributed by atoms with Gasteiger partial charge in [-0.3, -0.25) is 10.1 Å². The van der Waals surface area contributed by atoms with Crippen LogP contribution < -0.4 is 15.4 Å². The summed E-state index contributed by atoms with van der Waals surface area (Å²) >= 11 is 8.71. The normalized spacial score (nSPS) is 10.6. The van der Waals surface area contributed by atoms with E-state index in [0.717, 1.165) is 27.9 Å². The number of hydrogen-bond acceptors (Lipinski definition) is 3. The predicted molar refractivity (Wildman–Crippen MR) is 119 cm³/mol. The number of ether oxygens (including phenoxy) is 1. The number of carbonyl (C=O) groups excluding carboxylic acids is 1. The number of halogens is 1. The second kappa shape index (κ2) is 9.85. The fourth-order valence-electron chi connectivity index (χ4n) is 2.32. The summed E-state index contributed by atoms with van der Waals surface area (Å²) in [6.07, 6.45) is 0.979. The Hall–Kier alpha value is -1.92. The van der Waals surface area contributed by atoms with Crippen molar-refractivity contribution in [1.29, 1.82) is 0 Å². The average molecular weight is 449 g/mol. The zero-order valence-corrected chi connectivity index (χ0v) is 18.5. The van der Waals surface area contributed by atoms with Crippen molar-refractivity contribution < 1.29 is 9.53 Å². The van der Waals surface area contributed by atoms with Crippen LogP contribution in [-0.2, 0) is 0 Å². The highest BCUT2D eigenvalue weighted by Crippen LogP contribution is 2.26. The molecule has 0 aliphatic heterocycles. The van der Waals surface area contributed by atoms with E-state index in [2.05, 4.69) is 40.4 Å². The highest BCUT2D eigenvalue weighted by molar-refractivity contribution is 9.10. The lowest BCUT2D eigenvalue weighted by atomic mass is 10.1. The largest absolute Gasteiger partial charge is 0.492 e. The summed E-state index contributed by atoms with van der Waals surface area (Å²) < 4.78 is 6.49. The van der Waals surface area contributed by atoms with Gasteiger partial charge >= 0.3 is 0 Å². The van der Waals surface area contributed by atoms with Crippen LogP contribution in [0.3, 0.4) is 0 Å². The van der Waals surface area contributed by atoms with Crippen LogP contribution >= 0.6 is 28.1 Å². The van der Waals surface area contributed by atoms with Crippen molar-refractivity contribution in [2.24, 2.45) is 5.92 Å². The molecule has 0 spiro atoms. The van der Waals surface area contributed by atoms with Crippen molar-refractivity contribution in [1.82, 2.24) is 5.32 Å². The maximum Gasteiger partial charge on any atom is 0.257 e. The summed E-state index contributed by atoms with van der Waals surface area (Å²) in [7, 11) is 0. The Balaban J connectivity index is 1.95. The molecule has 0 saturated heterocycles. The van der Waals surface area contributed by atoms with Crippen LogP contribution in [-0.4, -0.2) is 17.6 Å². The van der Waals surface area contributed by atoms with Crippen molar-refractivity contribution in [3.8, 4) is 5.75 Å². The second-order valence-electron chi connectivity index (χ2n) is 6.88. The Kier molecular flexibility index (Phi) is 7.80. The molecule has 2 aromatic carbocycles. The SMILES string of the molecule is Cc1ccc(NC(=S)NC(=O)c2ccc(OCCC(C)C)c(Br)c2)cc1C. The lowest BCUT2D eigenvalue weighted by Crippen LogP contribution is -2.34. The van der Waals surface area contributed by atoms with E-state index in [1.807, 2.05) is 32.0 Å². The van der Waals surface area contributed by atoms with Gasteiger partial charge in [-0.25, -0.2) is 0 Å². The molecule has 0 bridgehead atoms. The van der Waals surface area contributed by atoms with Gasteiger partial charge in [0.2, 0.25) is 0 Å². The standard InChI is InChI=1S/C21H25BrN2O2S/c1-13(2)9-10-26-19-8-6-16(12-18(19)22)20(25)24-21(27)23-17-7-5-14(3)15(4)11-17/h5-8,11-13H,9-10H2,1-4H3,(H2,23,24,25,27). The van der Waals surface area contributed by atoms with E-state index in [-0.39, 0.29) is 11.0 Å². The molecule has 27 heavy (non-hydrogen) atoms. The van der Waals surface area contributed by atoms with Crippen molar-refractivity contribution >= 4 is 44.9 Å². The third kappa shape index (κ3) is 6.63. The molecule has 0 saturated carbocycles. The van der Waals surface area contributed by atoms with Gasteiger partial charge in [0.1, 0.15) is 5.75 Å². The number of nitrogens with one attached hydrogen (secondary N) is 2. The molecule has 0 unspecified atom stereocenters. The summed E-state index contributed by atoms with van der Waals surface area (Å²) in [4.78, 5) is 12.4. The Bertz CT molecular complexity index is 837. The first-order valence-electron chi connectivity index (χ1n) is 8.88. The Morgan fingerprint density at radius 1 is 1.15 bits per heavy atom. The Labute approximate surface area is 174 Å². The molecular weight excluding hydrogens is 424 g/mol. The fraction of sp³-hybridized carbons (Fsp3) is 0.333. The Morgan fingerprint density at radius 3 is 2.52 bits per heavy atom. The van der Waals surface area contributed by atoms with E-state index >= 15 is 0 Å². The molecule has 6 heteroatoms. The number of benzene rings is 2. The minimum absolute atomic E-state index is 0.261. The Morgan fingerprint density at radius 2 is 1.89 bits per heavy atom. The van der Waals surface area contributed by atoms with Crippen molar-refractivity contribution in [2.75, 3.05) is 11.9 Å².